The van der Waals surface area contributed by atoms with Crippen molar-refractivity contribution in [3.8, 4) is 23.0 Å². The molecule has 0 saturated heterocycles. The van der Waals surface area contributed by atoms with Crippen molar-refractivity contribution in [3.05, 3.63) is 45.4 Å². The van der Waals surface area contributed by atoms with E-state index in [9.17, 15) is 10.2 Å². The number of benzene rings is 2. The van der Waals surface area contributed by atoms with Gasteiger partial charge in [0.15, 0.2) is 11.5 Å². The average molecular weight is 326 g/mol. The number of aromatic hydroxyl groups is 2. The van der Waals surface area contributed by atoms with Crippen molar-refractivity contribution in [2.45, 2.75) is 13.8 Å². The highest BCUT2D eigenvalue weighted by atomic mass is 35.5. The molecule has 0 bridgehead atoms. The molecular formula is C14H12BCl2O4. The van der Waals surface area contributed by atoms with Crippen LogP contribution in [0.15, 0.2) is 24.3 Å². The summed E-state index contributed by atoms with van der Waals surface area (Å²) in [7, 11) is 1.00. The summed E-state index contributed by atoms with van der Waals surface area (Å²) in [5.41, 5.74) is 1.51. The topological polar surface area (TPSA) is 58.9 Å². The quantitative estimate of drug-likeness (QED) is 0.834. The standard InChI is InChI=1S/C14H12BCl2O4/c1-7-3-13(11(18)5-9(7)16)20-15-21-14-4-8(2)10(17)6-12(14)19/h3-6,18-19H,1-2H3. The fourth-order valence-electron chi connectivity index (χ4n) is 1.61. The Morgan fingerprint density at radius 3 is 1.57 bits per heavy atom. The zero-order chi connectivity index (χ0) is 15.6. The zero-order valence-corrected chi connectivity index (χ0v) is 12.9. The second kappa shape index (κ2) is 6.37. The number of rotatable bonds is 4. The molecule has 7 heteroatoms. The molecule has 4 nitrogen and oxygen atoms in total. The first-order valence-electron chi connectivity index (χ1n) is 6.01. The first kappa shape index (κ1) is 15.7. The number of halogens is 2. The summed E-state index contributed by atoms with van der Waals surface area (Å²) in [6.07, 6.45) is 0. The minimum atomic E-state index is -0.109. The Morgan fingerprint density at radius 1 is 0.810 bits per heavy atom. The summed E-state index contributed by atoms with van der Waals surface area (Å²) < 4.78 is 10.4. The molecule has 2 aromatic carbocycles. The fourth-order valence-corrected chi connectivity index (χ4v) is 1.92. The number of aryl methyl sites for hydroxylation is 2. The van der Waals surface area contributed by atoms with Gasteiger partial charge in [-0.05, 0) is 37.1 Å². The Kier molecular flexibility index (Phi) is 4.75. The van der Waals surface area contributed by atoms with Gasteiger partial charge in [0.2, 0.25) is 0 Å². The van der Waals surface area contributed by atoms with E-state index in [0.29, 0.717) is 10.0 Å². The van der Waals surface area contributed by atoms with Crippen LogP contribution < -0.4 is 9.31 Å². The summed E-state index contributed by atoms with van der Waals surface area (Å²) in [6.45, 7) is 3.56. The molecule has 0 atom stereocenters. The molecule has 21 heavy (non-hydrogen) atoms. The maximum Gasteiger partial charge on any atom is 0.658 e. The van der Waals surface area contributed by atoms with Gasteiger partial charge in [-0.25, -0.2) is 0 Å². The molecule has 1 radical (unpaired) electrons. The van der Waals surface area contributed by atoms with E-state index >= 15 is 0 Å². The Balaban J connectivity index is 2.05. The molecule has 0 aromatic heterocycles. The predicted octanol–water partition coefficient (Wildman–Crippen LogP) is 4.01. The summed E-state index contributed by atoms with van der Waals surface area (Å²) >= 11 is 11.7. The average Bonchev–Trinajstić information content (AvgIpc) is 2.41. The molecule has 0 aliphatic heterocycles. The Bertz CT molecular complexity index is 619. The molecular weight excluding hydrogens is 314 g/mol. The van der Waals surface area contributed by atoms with E-state index in [2.05, 4.69) is 0 Å². The minimum absolute atomic E-state index is 0.109. The SMILES string of the molecule is Cc1cc(O[B]Oc2cc(C)c(Cl)cc2O)c(O)cc1Cl. The van der Waals surface area contributed by atoms with E-state index in [-0.39, 0.29) is 23.0 Å². The van der Waals surface area contributed by atoms with E-state index in [1.807, 2.05) is 0 Å². The maximum absolute atomic E-state index is 9.70. The lowest BCUT2D eigenvalue weighted by atomic mass is 10.2. The van der Waals surface area contributed by atoms with Gasteiger partial charge < -0.3 is 19.5 Å². The van der Waals surface area contributed by atoms with E-state index in [0.717, 1.165) is 18.8 Å². The summed E-state index contributed by atoms with van der Waals surface area (Å²) in [4.78, 5) is 0. The Morgan fingerprint density at radius 2 is 1.19 bits per heavy atom. The molecule has 0 amide bonds. The molecule has 0 fully saturated rings. The van der Waals surface area contributed by atoms with Crippen LogP contribution in [0.2, 0.25) is 10.0 Å². The van der Waals surface area contributed by atoms with E-state index in [1.54, 1.807) is 26.0 Å². The van der Waals surface area contributed by atoms with Gasteiger partial charge in [0.05, 0.1) is 0 Å². The van der Waals surface area contributed by atoms with Crippen molar-refractivity contribution in [3.63, 3.8) is 0 Å². The highest BCUT2D eigenvalue weighted by molar-refractivity contribution is 6.32. The second-order valence-electron chi connectivity index (χ2n) is 4.47. The lowest BCUT2D eigenvalue weighted by Gasteiger charge is -2.11. The fraction of sp³-hybridized carbons (Fsp3) is 0.143. The summed E-state index contributed by atoms with van der Waals surface area (Å²) in [5, 5.41) is 20.3. The molecule has 0 saturated carbocycles. The van der Waals surface area contributed by atoms with Crippen LogP contribution in [0.25, 0.3) is 0 Å². The van der Waals surface area contributed by atoms with Crippen molar-refractivity contribution in [2.24, 2.45) is 0 Å². The predicted molar refractivity (Wildman–Crippen MR) is 82.7 cm³/mol. The molecule has 0 aliphatic rings. The molecule has 0 unspecified atom stereocenters. The summed E-state index contributed by atoms with van der Waals surface area (Å²) in [5.74, 6) is 0.174. The molecule has 0 aliphatic carbocycles. The molecule has 2 aromatic rings. The monoisotopic (exact) mass is 325 g/mol. The Hall–Kier alpha value is -1.72. The van der Waals surface area contributed by atoms with Gasteiger partial charge >= 0.3 is 7.69 Å². The highest BCUT2D eigenvalue weighted by Crippen LogP contribution is 2.33. The van der Waals surface area contributed by atoms with Crippen LogP contribution in [0.5, 0.6) is 23.0 Å². The van der Waals surface area contributed by atoms with Crippen LogP contribution in [0.4, 0.5) is 0 Å². The van der Waals surface area contributed by atoms with Crippen LogP contribution >= 0.6 is 23.2 Å². The molecule has 0 spiro atoms. The number of phenols is 2. The van der Waals surface area contributed by atoms with Crippen molar-refractivity contribution < 1.29 is 19.5 Å². The van der Waals surface area contributed by atoms with E-state index in [4.69, 9.17) is 32.5 Å². The van der Waals surface area contributed by atoms with Crippen LogP contribution in [0.1, 0.15) is 11.1 Å². The van der Waals surface area contributed by atoms with Crippen LogP contribution in [0.3, 0.4) is 0 Å². The molecule has 2 rings (SSSR count). The lowest BCUT2D eigenvalue weighted by molar-refractivity contribution is 0.397. The van der Waals surface area contributed by atoms with Crippen LogP contribution in [-0.4, -0.2) is 17.9 Å². The normalized spacial score (nSPS) is 10.3. The number of phenolic OH excluding ortho intramolecular Hbond substituents is 2. The lowest BCUT2D eigenvalue weighted by Crippen LogP contribution is -2.11. The Labute approximate surface area is 133 Å². The van der Waals surface area contributed by atoms with Gasteiger partial charge in [-0.1, -0.05) is 23.2 Å². The summed E-state index contributed by atoms with van der Waals surface area (Å²) in [6, 6.07) is 5.91. The molecule has 109 valence electrons. The third-order valence-corrected chi connectivity index (χ3v) is 3.64. The maximum atomic E-state index is 9.70. The first-order chi connectivity index (χ1) is 9.88. The van der Waals surface area contributed by atoms with Crippen molar-refractivity contribution in [2.75, 3.05) is 0 Å². The number of hydrogen-bond acceptors (Lipinski definition) is 4. The largest absolute Gasteiger partial charge is 0.658 e. The second-order valence-corrected chi connectivity index (χ2v) is 5.28. The molecule has 0 heterocycles. The van der Waals surface area contributed by atoms with Crippen molar-refractivity contribution in [1.29, 1.82) is 0 Å². The van der Waals surface area contributed by atoms with Crippen molar-refractivity contribution >= 4 is 30.9 Å². The van der Waals surface area contributed by atoms with Crippen LogP contribution in [-0.2, 0) is 0 Å². The minimum Gasteiger partial charge on any atom is -0.524 e. The van der Waals surface area contributed by atoms with E-state index < -0.39 is 0 Å². The van der Waals surface area contributed by atoms with Gasteiger partial charge in [-0.2, -0.15) is 0 Å². The molecule has 2 N–H and O–H groups in total. The third kappa shape index (κ3) is 3.68. The zero-order valence-electron chi connectivity index (χ0n) is 11.4. The third-order valence-electron chi connectivity index (χ3n) is 2.83. The van der Waals surface area contributed by atoms with Gasteiger partial charge in [0.1, 0.15) is 11.5 Å². The van der Waals surface area contributed by atoms with E-state index in [1.165, 1.54) is 12.1 Å². The van der Waals surface area contributed by atoms with Crippen molar-refractivity contribution in [1.82, 2.24) is 0 Å². The van der Waals surface area contributed by atoms with Gasteiger partial charge in [0, 0.05) is 22.2 Å². The van der Waals surface area contributed by atoms with Crippen LogP contribution in [0, 0.1) is 13.8 Å². The van der Waals surface area contributed by atoms with Gasteiger partial charge in [0.25, 0.3) is 0 Å². The highest BCUT2D eigenvalue weighted by Gasteiger charge is 2.12. The number of hydrogen-bond donors (Lipinski definition) is 2. The smallest absolute Gasteiger partial charge is 0.524 e. The van der Waals surface area contributed by atoms with Gasteiger partial charge in [-0.15, -0.1) is 0 Å². The first-order valence-corrected chi connectivity index (χ1v) is 6.77. The van der Waals surface area contributed by atoms with Gasteiger partial charge in [-0.3, -0.25) is 0 Å².